The number of carbonyl (C=O) groups excluding carboxylic acids is 3. The van der Waals surface area contributed by atoms with Crippen molar-refractivity contribution in [3.63, 3.8) is 0 Å². The fourth-order valence-corrected chi connectivity index (χ4v) is 5.19. The van der Waals surface area contributed by atoms with Crippen molar-refractivity contribution >= 4 is 34.6 Å². The molecule has 174 valence electrons. The van der Waals surface area contributed by atoms with E-state index in [-0.39, 0.29) is 24.0 Å². The van der Waals surface area contributed by atoms with Gasteiger partial charge in [0, 0.05) is 43.8 Å². The molecule has 6 N–H and O–H groups in total. The van der Waals surface area contributed by atoms with E-state index in [0.29, 0.717) is 11.3 Å². The van der Waals surface area contributed by atoms with E-state index in [9.17, 15) is 44.9 Å². The van der Waals surface area contributed by atoms with Crippen LogP contribution >= 0.6 is 0 Å². The Hall–Kier alpha value is -3.93. The number of fused-ring (bicyclic) bond motifs is 3. The van der Waals surface area contributed by atoms with Crippen LogP contribution in [0.4, 0.5) is 11.4 Å². The third-order valence-electron chi connectivity index (χ3n) is 6.70. The van der Waals surface area contributed by atoms with Crippen molar-refractivity contribution in [1.29, 1.82) is 0 Å². The lowest BCUT2D eigenvalue weighted by molar-refractivity contribution is -0.385. The van der Waals surface area contributed by atoms with Crippen molar-refractivity contribution in [3.8, 4) is 5.75 Å². The number of nitrogens with zero attached hydrogens (tertiary/aromatic N) is 2. The van der Waals surface area contributed by atoms with E-state index in [1.165, 1.54) is 0 Å². The van der Waals surface area contributed by atoms with Gasteiger partial charge < -0.3 is 31.1 Å². The minimum absolute atomic E-state index is 0.0203. The zero-order valence-electron chi connectivity index (χ0n) is 17.7. The molecule has 0 spiro atoms. The van der Waals surface area contributed by atoms with Crippen molar-refractivity contribution < 1.29 is 39.7 Å². The number of nitro groups is 1. The van der Waals surface area contributed by atoms with E-state index in [0.717, 1.165) is 6.07 Å². The summed E-state index contributed by atoms with van der Waals surface area (Å²) in [4.78, 5) is 49.6. The molecule has 0 aliphatic heterocycles. The molecular formula is C21H21N3O9. The summed E-state index contributed by atoms with van der Waals surface area (Å²) in [7, 11) is 3.23. The van der Waals surface area contributed by atoms with Gasteiger partial charge in [-0.3, -0.25) is 24.5 Å². The van der Waals surface area contributed by atoms with E-state index in [1.54, 1.807) is 19.0 Å². The maximum absolute atomic E-state index is 13.4. The van der Waals surface area contributed by atoms with Gasteiger partial charge in [0.25, 0.3) is 5.91 Å². The molecule has 0 saturated heterocycles. The smallest absolute Gasteiger partial charge is 0.313 e. The van der Waals surface area contributed by atoms with Crippen molar-refractivity contribution in [2.75, 3.05) is 19.0 Å². The molecule has 33 heavy (non-hydrogen) atoms. The van der Waals surface area contributed by atoms with Gasteiger partial charge in [-0.2, -0.15) is 0 Å². The Bertz CT molecular complexity index is 1230. The number of aromatic hydroxyl groups is 1. The highest BCUT2D eigenvalue weighted by Crippen LogP contribution is 2.54. The second-order valence-corrected chi connectivity index (χ2v) is 8.68. The van der Waals surface area contributed by atoms with Gasteiger partial charge in [-0.25, -0.2) is 0 Å². The third-order valence-corrected chi connectivity index (χ3v) is 6.70. The maximum atomic E-state index is 13.4. The van der Waals surface area contributed by atoms with Crippen molar-refractivity contribution in [2.45, 2.75) is 24.9 Å². The highest BCUT2D eigenvalue weighted by molar-refractivity contribution is 6.22. The van der Waals surface area contributed by atoms with Crippen LogP contribution < -0.4 is 10.6 Å². The fourth-order valence-electron chi connectivity index (χ4n) is 5.19. The van der Waals surface area contributed by atoms with Crippen LogP contribution in [0.1, 0.15) is 24.0 Å². The van der Waals surface area contributed by atoms with Crippen molar-refractivity contribution in [2.24, 2.45) is 17.6 Å². The number of nitrogens with two attached hydrogens (primary N) is 1. The summed E-state index contributed by atoms with van der Waals surface area (Å²) in [6.07, 6.45) is -0.380. The Labute approximate surface area is 186 Å². The minimum atomic E-state index is -2.68. The Morgan fingerprint density at radius 2 is 1.88 bits per heavy atom. The van der Waals surface area contributed by atoms with Gasteiger partial charge in [-0.05, 0) is 24.3 Å². The van der Waals surface area contributed by atoms with Gasteiger partial charge >= 0.3 is 5.69 Å². The summed E-state index contributed by atoms with van der Waals surface area (Å²) in [5, 5.41) is 54.8. The largest absolute Gasteiger partial charge is 0.508 e. The number of primary amides is 1. The first-order valence-corrected chi connectivity index (χ1v) is 10.00. The zero-order valence-corrected chi connectivity index (χ0v) is 17.7. The highest BCUT2D eigenvalue weighted by Gasteiger charge is 2.60. The monoisotopic (exact) mass is 459 g/mol. The number of rotatable bonds is 3. The standard InChI is InChI=1S/C21H21N3O9/c1-23(2)10-6-11(24(32)33)16(26)14-9(10)4-7-3-8-5-12(25)15(20(22)30)19(29)21(8,31)18(28)13(7)17(14)27/h6-8,26-27,29,31H,3-5H2,1-2H3,(H2,22,30)/t7-,8+,21+/m1/s1. The molecule has 3 atom stereocenters. The number of hydrogen-bond acceptors (Lipinski definition) is 10. The summed E-state index contributed by atoms with van der Waals surface area (Å²) in [6, 6.07) is 1.16. The molecule has 1 aromatic rings. The number of carbonyl (C=O) groups is 3. The van der Waals surface area contributed by atoms with Crippen LogP contribution in [-0.2, 0) is 20.8 Å². The van der Waals surface area contributed by atoms with Gasteiger partial charge in [-0.1, -0.05) is 0 Å². The minimum Gasteiger partial charge on any atom is -0.508 e. The van der Waals surface area contributed by atoms with Gasteiger partial charge in [0.05, 0.1) is 10.5 Å². The molecule has 3 aliphatic rings. The van der Waals surface area contributed by atoms with Crippen LogP contribution in [0.25, 0.3) is 5.76 Å². The number of benzene rings is 1. The first kappa shape index (κ1) is 22.3. The summed E-state index contributed by atoms with van der Waals surface area (Å²) >= 11 is 0. The van der Waals surface area contributed by atoms with E-state index < -0.39 is 74.8 Å². The average molecular weight is 459 g/mol. The van der Waals surface area contributed by atoms with E-state index in [1.807, 2.05) is 0 Å². The molecule has 1 aromatic carbocycles. The lowest BCUT2D eigenvalue weighted by atomic mass is 9.59. The third kappa shape index (κ3) is 2.83. The van der Waals surface area contributed by atoms with Gasteiger partial charge in [0.2, 0.25) is 11.5 Å². The highest BCUT2D eigenvalue weighted by atomic mass is 16.6. The number of aliphatic hydroxyl groups excluding tert-OH is 2. The topological polar surface area (TPSA) is 205 Å². The van der Waals surface area contributed by atoms with Crippen LogP contribution in [0, 0.1) is 22.0 Å². The Morgan fingerprint density at radius 1 is 1.24 bits per heavy atom. The number of Topliss-reactive ketones (excluding diaryl/α,β-unsaturated/α-hetero) is 2. The molecule has 12 nitrogen and oxygen atoms in total. The number of anilines is 1. The molecule has 0 heterocycles. The average Bonchev–Trinajstić information content (AvgIpc) is 2.70. The van der Waals surface area contributed by atoms with Crippen molar-refractivity contribution in [1.82, 2.24) is 0 Å². The van der Waals surface area contributed by atoms with Crippen LogP contribution in [0.15, 0.2) is 23.0 Å². The van der Waals surface area contributed by atoms with E-state index in [4.69, 9.17) is 5.73 Å². The molecule has 12 heteroatoms. The molecule has 0 bridgehead atoms. The lowest BCUT2D eigenvalue weighted by Gasteiger charge is -2.46. The predicted octanol–water partition coefficient (Wildman–Crippen LogP) is 0.398. The summed E-state index contributed by atoms with van der Waals surface area (Å²) < 4.78 is 0. The van der Waals surface area contributed by atoms with Crippen LogP contribution in [-0.4, -0.2) is 62.5 Å². The van der Waals surface area contributed by atoms with Crippen molar-refractivity contribution in [3.05, 3.63) is 44.2 Å². The molecule has 3 aliphatic carbocycles. The molecule has 4 rings (SSSR count). The number of phenols is 1. The molecule has 0 aromatic heterocycles. The van der Waals surface area contributed by atoms with Crippen LogP contribution in [0.3, 0.4) is 0 Å². The predicted molar refractivity (Wildman–Crippen MR) is 112 cm³/mol. The maximum Gasteiger partial charge on any atom is 0.313 e. The molecule has 0 radical (unpaired) electrons. The quantitative estimate of drug-likeness (QED) is 0.239. The number of nitro benzene ring substituents is 1. The molecule has 1 amide bonds. The molecule has 0 unspecified atom stereocenters. The summed E-state index contributed by atoms with van der Waals surface area (Å²) in [5.74, 6) is -7.87. The number of ketones is 2. The number of aliphatic hydroxyl groups is 3. The Morgan fingerprint density at radius 3 is 2.42 bits per heavy atom. The lowest BCUT2D eigenvalue weighted by Crippen LogP contribution is -2.58. The van der Waals surface area contributed by atoms with Crippen LogP contribution in [0.5, 0.6) is 5.75 Å². The normalized spacial score (nSPS) is 26.5. The first-order valence-electron chi connectivity index (χ1n) is 10.00. The second-order valence-electron chi connectivity index (χ2n) is 8.68. The Balaban J connectivity index is 1.99. The molecule has 1 fully saturated rings. The first-order chi connectivity index (χ1) is 15.3. The number of hydrogen-bond donors (Lipinski definition) is 5. The summed E-state index contributed by atoms with van der Waals surface area (Å²) in [6.45, 7) is 0. The number of phenolic OH excluding ortho intramolecular Hbond substituents is 1. The van der Waals surface area contributed by atoms with Gasteiger partial charge in [0.15, 0.2) is 11.4 Å². The Kier molecular flexibility index (Phi) is 4.75. The van der Waals surface area contributed by atoms with E-state index >= 15 is 0 Å². The second kappa shape index (κ2) is 7.04. The van der Waals surface area contributed by atoms with Gasteiger partial charge in [0.1, 0.15) is 17.1 Å². The van der Waals surface area contributed by atoms with Gasteiger partial charge in [-0.15, -0.1) is 0 Å². The fraction of sp³-hybridized carbons (Fsp3) is 0.381. The van der Waals surface area contributed by atoms with Crippen LogP contribution in [0.2, 0.25) is 0 Å². The molecule has 1 saturated carbocycles. The van der Waals surface area contributed by atoms with E-state index in [2.05, 4.69) is 0 Å². The molecular weight excluding hydrogens is 438 g/mol. The number of amides is 1. The zero-order chi connectivity index (χ0) is 24.6. The SMILES string of the molecule is CN(C)c1cc([N+](=O)[O-])c(O)c2c1C[C@H]1C[C@H]3CC(=O)C(C(N)=O)=C(O)[C@@]3(O)C(=O)C1=C2O. The summed E-state index contributed by atoms with van der Waals surface area (Å²) in [5.41, 5.74) is 0.904.